The van der Waals surface area contributed by atoms with Gasteiger partial charge >= 0.3 is 5.69 Å². The molecule has 0 bridgehead atoms. The summed E-state index contributed by atoms with van der Waals surface area (Å²) in [6.45, 7) is 5.27. The Kier molecular flexibility index (Phi) is 8.89. The average Bonchev–Trinajstić information content (AvgIpc) is 3.23. The molecule has 0 saturated heterocycles. The van der Waals surface area contributed by atoms with Crippen LogP contribution in [0.1, 0.15) is 30.7 Å². The standard InChI is InChI=1S/C28H33N3O4S2/c1-18(2)16-31-27-24(26(33)30(3)28(31)34)25(36-14-8-13-29-23(32)17-35-4)22(37-27)15-20-11-7-10-19-9-5-6-12-21(19)20/h5-7,9-12,18H,8,13-17H2,1-4H3,(H,29,32). The summed E-state index contributed by atoms with van der Waals surface area (Å²) in [6.07, 6.45) is 1.42. The topological polar surface area (TPSA) is 82.3 Å². The molecule has 0 atom stereocenters. The minimum absolute atomic E-state index is 0.0426. The molecule has 7 nitrogen and oxygen atoms in total. The van der Waals surface area contributed by atoms with Gasteiger partial charge in [0.2, 0.25) is 5.91 Å². The number of rotatable bonds is 11. The summed E-state index contributed by atoms with van der Waals surface area (Å²) in [6, 6.07) is 14.6. The lowest BCUT2D eigenvalue weighted by atomic mass is 10.0. The van der Waals surface area contributed by atoms with Gasteiger partial charge in [-0.3, -0.25) is 18.7 Å². The fourth-order valence-electron chi connectivity index (χ4n) is 4.42. The van der Waals surface area contributed by atoms with Crippen LogP contribution in [-0.2, 0) is 29.5 Å². The van der Waals surface area contributed by atoms with Gasteiger partial charge in [-0.2, -0.15) is 0 Å². The summed E-state index contributed by atoms with van der Waals surface area (Å²) in [7, 11) is 3.05. The van der Waals surface area contributed by atoms with Gasteiger partial charge in [0, 0.05) is 43.4 Å². The van der Waals surface area contributed by atoms with Crippen molar-refractivity contribution < 1.29 is 9.53 Å². The van der Waals surface area contributed by atoms with Crippen LogP contribution in [0.4, 0.5) is 0 Å². The highest BCUT2D eigenvalue weighted by molar-refractivity contribution is 7.99. The van der Waals surface area contributed by atoms with Crippen LogP contribution in [0.5, 0.6) is 0 Å². The molecule has 0 saturated carbocycles. The van der Waals surface area contributed by atoms with Crippen LogP contribution < -0.4 is 16.6 Å². The number of ether oxygens (including phenoxy) is 1. The number of methoxy groups -OCH3 is 1. The van der Waals surface area contributed by atoms with Crippen molar-refractivity contribution in [2.75, 3.05) is 26.0 Å². The van der Waals surface area contributed by atoms with Gasteiger partial charge in [-0.15, -0.1) is 23.1 Å². The number of thioether (sulfide) groups is 1. The van der Waals surface area contributed by atoms with Gasteiger partial charge in [0.15, 0.2) is 0 Å². The molecule has 2 heterocycles. The lowest BCUT2D eigenvalue weighted by Crippen LogP contribution is -2.38. The van der Waals surface area contributed by atoms with E-state index < -0.39 is 0 Å². The second kappa shape index (κ2) is 12.1. The zero-order chi connectivity index (χ0) is 26.5. The Bertz CT molecular complexity index is 1530. The number of hydrogen-bond acceptors (Lipinski definition) is 6. The number of thiophene rings is 1. The minimum Gasteiger partial charge on any atom is -0.375 e. The first-order valence-electron chi connectivity index (χ1n) is 12.4. The average molecular weight is 540 g/mol. The predicted octanol–water partition coefficient (Wildman–Crippen LogP) is 4.41. The molecule has 37 heavy (non-hydrogen) atoms. The van der Waals surface area contributed by atoms with E-state index in [1.165, 1.54) is 28.0 Å². The third-order valence-electron chi connectivity index (χ3n) is 6.14. The summed E-state index contributed by atoms with van der Waals surface area (Å²) in [5.41, 5.74) is 0.658. The van der Waals surface area contributed by atoms with Crippen LogP contribution in [0.3, 0.4) is 0 Å². The number of benzene rings is 2. The van der Waals surface area contributed by atoms with Crippen molar-refractivity contribution in [3.8, 4) is 0 Å². The molecule has 0 aliphatic carbocycles. The molecule has 9 heteroatoms. The molecule has 4 aromatic rings. The van der Waals surface area contributed by atoms with Crippen molar-refractivity contribution >= 4 is 50.0 Å². The fraction of sp³-hybridized carbons (Fsp3) is 0.393. The molecule has 196 valence electrons. The normalized spacial score (nSPS) is 11.6. The summed E-state index contributed by atoms with van der Waals surface area (Å²) < 4.78 is 7.85. The molecule has 0 aliphatic heterocycles. The van der Waals surface area contributed by atoms with E-state index in [1.807, 2.05) is 12.1 Å². The molecular formula is C28H33N3O4S2. The van der Waals surface area contributed by atoms with Crippen molar-refractivity contribution in [3.63, 3.8) is 0 Å². The number of carbonyl (C=O) groups excluding carboxylic acids is 1. The van der Waals surface area contributed by atoms with Gasteiger partial charge in [-0.05, 0) is 34.4 Å². The van der Waals surface area contributed by atoms with Crippen molar-refractivity contribution in [2.24, 2.45) is 13.0 Å². The van der Waals surface area contributed by atoms with Gasteiger partial charge in [0.25, 0.3) is 5.56 Å². The molecule has 0 fully saturated rings. The molecule has 4 rings (SSSR count). The number of fused-ring (bicyclic) bond motifs is 2. The van der Waals surface area contributed by atoms with E-state index >= 15 is 0 Å². The Labute approximate surface area is 224 Å². The fourth-order valence-corrected chi connectivity index (χ4v) is 7.05. The Morgan fingerprint density at radius 1 is 1.14 bits per heavy atom. The predicted molar refractivity (Wildman–Crippen MR) is 153 cm³/mol. The van der Waals surface area contributed by atoms with Crippen molar-refractivity contribution in [2.45, 2.75) is 38.1 Å². The van der Waals surface area contributed by atoms with Crippen LogP contribution in [0, 0.1) is 5.92 Å². The number of amides is 1. The lowest BCUT2D eigenvalue weighted by molar-refractivity contribution is -0.124. The number of nitrogens with one attached hydrogen (secondary N) is 1. The molecule has 2 aromatic heterocycles. The van der Waals surface area contributed by atoms with Gasteiger partial charge in [-0.1, -0.05) is 56.3 Å². The van der Waals surface area contributed by atoms with E-state index in [-0.39, 0.29) is 29.7 Å². The second-order valence-corrected chi connectivity index (χ2v) is 11.7. The van der Waals surface area contributed by atoms with E-state index in [9.17, 15) is 14.4 Å². The zero-order valence-electron chi connectivity index (χ0n) is 21.7. The van der Waals surface area contributed by atoms with E-state index in [4.69, 9.17) is 4.74 Å². The second-order valence-electron chi connectivity index (χ2n) is 9.49. The highest BCUT2D eigenvalue weighted by Crippen LogP contribution is 2.38. The van der Waals surface area contributed by atoms with Gasteiger partial charge in [0.05, 0.1) is 5.39 Å². The first-order valence-corrected chi connectivity index (χ1v) is 14.2. The van der Waals surface area contributed by atoms with Gasteiger partial charge in [0.1, 0.15) is 11.4 Å². The first kappa shape index (κ1) is 27.2. The van der Waals surface area contributed by atoms with E-state index in [1.54, 1.807) is 34.7 Å². The molecule has 0 spiro atoms. The maximum atomic E-state index is 13.4. The molecule has 0 unspecified atom stereocenters. The van der Waals surface area contributed by atoms with E-state index in [0.29, 0.717) is 24.9 Å². The third-order valence-corrected chi connectivity index (χ3v) is 8.71. The monoisotopic (exact) mass is 539 g/mol. The zero-order valence-corrected chi connectivity index (χ0v) is 23.3. The van der Waals surface area contributed by atoms with Crippen LogP contribution >= 0.6 is 23.1 Å². The molecule has 1 amide bonds. The molecular weight excluding hydrogens is 506 g/mol. The number of aromatic nitrogens is 2. The maximum Gasteiger partial charge on any atom is 0.331 e. The van der Waals surface area contributed by atoms with Crippen LogP contribution in [-0.4, -0.2) is 41.1 Å². The Morgan fingerprint density at radius 3 is 2.65 bits per heavy atom. The first-order chi connectivity index (χ1) is 17.8. The molecule has 2 aromatic carbocycles. The Morgan fingerprint density at radius 2 is 1.89 bits per heavy atom. The number of nitrogens with zero attached hydrogens (tertiary/aromatic N) is 2. The smallest absolute Gasteiger partial charge is 0.331 e. The molecule has 0 aliphatic rings. The highest BCUT2D eigenvalue weighted by Gasteiger charge is 2.22. The summed E-state index contributed by atoms with van der Waals surface area (Å²) in [5, 5.41) is 5.83. The summed E-state index contributed by atoms with van der Waals surface area (Å²) >= 11 is 3.18. The van der Waals surface area contributed by atoms with Gasteiger partial charge in [-0.25, -0.2) is 4.79 Å². The van der Waals surface area contributed by atoms with Crippen molar-refractivity contribution in [3.05, 3.63) is 73.7 Å². The highest BCUT2D eigenvalue weighted by atomic mass is 32.2. The SMILES string of the molecule is COCC(=O)NCCCSc1c(Cc2cccc3ccccc23)sc2c1c(=O)n(C)c(=O)n2CC(C)C. The lowest BCUT2D eigenvalue weighted by Gasteiger charge is -2.12. The summed E-state index contributed by atoms with van der Waals surface area (Å²) in [4.78, 5) is 41.0. The Hall–Kier alpha value is -2.88. The van der Waals surface area contributed by atoms with Crippen molar-refractivity contribution in [1.82, 2.24) is 14.5 Å². The Balaban J connectivity index is 1.76. The molecule has 1 N–H and O–H groups in total. The maximum absolute atomic E-state index is 13.4. The number of carbonyl (C=O) groups is 1. The van der Waals surface area contributed by atoms with Crippen LogP contribution in [0.15, 0.2) is 56.9 Å². The largest absolute Gasteiger partial charge is 0.375 e. The van der Waals surface area contributed by atoms with Crippen molar-refractivity contribution in [1.29, 1.82) is 0 Å². The van der Waals surface area contributed by atoms with Gasteiger partial charge < -0.3 is 10.1 Å². The third kappa shape index (κ3) is 6.00. The van der Waals surface area contributed by atoms with E-state index in [2.05, 4.69) is 49.5 Å². The van der Waals surface area contributed by atoms with Crippen LogP contribution in [0.2, 0.25) is 0 Å². The quantitative estimate of drug-likeness (QED) is 0.226. The molecule has 0 radical (unpaired) electrons. The number of hydrogen-bond donors (Lipinski definition) is 1. The minimum atomic E-state index is -0.276. The summed E-state index contributed by atoms with van der Waals surface area (Å²) in [5.74, 6) is 0.846. The van der Waals surface area contributed by atoms with E-state index in [0.717, 1.165) is 26.8 Å². The van der Waals surface area contributed by atoms with Crippen LogP contribution in [0.25, 0.3) is 21.0 Å².